The molecule has 0 bridgehead atoms. The molecular formula is C11H9N3O2S. The largest absolute Gasteiger partial charge is 0.393 e. The number of pyridine rings is 1. The normalized spacial score (nSPS) is 10.1. The Bertz CT molecular complexity index is 546. The van der Waals surface area contributed by atoms with Crippen LogP contribution in [0.3, 0.4) is 0 Å². The summed E-state index contributed by atoms with van der Waals surface area (Å²) in [6, 6.07) is 8.45. The van der Waals surface area contributed by atoms with Crippen molar-refractivity contribution in [1.82, 2.24) is 4.98 Å². The zero-order valence-corrected chi connectivity index (χ0v) is 9.55. The molecule has 0 aliphatic carbocycles. The Labute approximate surface area is 102 Å². The van der Waals surface area contributed by atoms with Crippen molar-refractivity contribution < 1.29 is 4.92 Å². The van der Waals surface area contributed by atoms with E-state index in [-0.39, 0.29) is 11.4 Å². The van der Waals surface area contributed by atoms with Gasteiger partial charge in [-0.25, -0.2) is 0 Å². The van der Waals surface area contributed by atoms with Crippen LogP contribution in [0.4, 0.5) is 11.4 Å². The van der Waals surface area contributed by atoms with Crippen LogP contribution in [0.5, 0.6) is 0 Å². The lowest BCUT2D eigenvalue weighted by atomic mass is 10.3. The van der Waals surface area contributed by atoms with E-state index in [0.717, 1.165) is 9.79 Å². The summed E-state index contributed by atoms with van der Waals surface area (Å²) in [5.41, 5.74) is 5.63. The number of hydrogen-bond donors (Lipinski definition) is 1. The molecule has 0 amide bonds. The van der Waals surface area contributed by atoms with E-state index in [1.807, 2.05) is 12.1 Å². The van der Waals surface area contributed by atoms with Crippen LogP contribution in [0.15, 0.2) is 52.5 Å². The van der Waals surface area contributed by atoms with Gasteiger partial charge in [-0.05, 0) is 24.3 Å². The first-order valence-electron chi connectivity index (χ1n) is 4.78. The van der Waals surface area contributed by atoms with E-state index in [2.05, 4.69) is 4.98 Å². The van der Waals surface area contributed by atoms with Crippen LogP contribution in [-0.2, 0) is 0 Å². The number of nitro benzene ring substituents is 1. The van der Waals surface area contributed by atoms with E-state index in [1.165, 1.54) is 17.8 Å². The van der Waals surface area contributed by atoms with E-state index < -0.39 is 4.92 Å². The molecule has 0 radical (unpaired) electrons. The first-order chi connectivity index (χ1) is 8.16. The number of nitrogens with two attached hydrogens (primary N) is 1. The van der Waals surface area contributed by atoms with Crippen LogP contribution in [0.25, 0.3) is 0 Å². The molecule has 0 fully saturated rings. The van der Waals surface area contributed by atoms with Gasteiger partial charge in [0.15, 0.2) is 0 Å². The van der Waals surface area contributed by atoms with Crippen molar-refractivity contribution in [3.05, 3.63) is 52.8 Å². The quantitative estimate of drug-likeness (QED) is 0.512. The smallest absolute Gasteiger partial charge is 0.293 e. The second-order valence-electron chi connectivity index (χ2n) is 3.26. The molecule has 0 saturated carbocycles. The van der Waals surface area contributed by atoms with Gasteiger partial charge in [0.2, 0.25) is 0 Å². The average molecular weight is 247 g/mol. The maximum atomic E-state index is 10.7. The van der Waals surface area contributed by atoms with Crippen LogP contribution in [0, 0.1) is 10.1 Å². The molecule has 5 nitrogen and oxygen atoms in total. The summed E-state index contributed by atoms with van der Waals surface area (Å²) in [7, 11) is 0. The lowest BCUT2D eigenvalue weighted by molar-refractivity contribution is -0.384. The third-order valence-corrected chi connectivity index (χ3v) is 3.08. The number of nitrogens with zero attached hydrogens (tertiary/aromatic N) is 2. The van der Waals surface area contributed by atoms with Crippen molar-refractivity contribution in [2.24, 2.45) is 0 Å². The van der Waals surface area contributed by atoms with E-state index in [4.69, 9.17) is 5.73 Å². The highest BCUT2D eigenvalue weighted by Crippen LogP contribution is 2.32. The van der Waals surface area contributed by atoms with Crippen LogP contribution in [0.1, 0.15) is 0 Å². The first kappa shape index (κ1) is 11.4. The number of nitrogen functional groups attached to an aromatic ring is 1. The summed E-state index contributed by atoms with van der Waals surface area (Å²) in [5, 5.41) is 10.7. The molecule has 86 valence electrons. The Morgan fingerprint density at radius 2 is 1.88 bits per heavy atom. The summed E-state index contributed by atoms with van der Waals surface area (Å²) in [6.07, 6.45) is 3.35. The van der Waals surface area contributed by atoms with Crippen LogP contribution >= 0.6 is 11.8 Å². The molecule has 0 unspecified atom stereocenters. The monoisotopic (exact) mass is 247 g/mol. The molecule has 1 aromatic carbocycles. The molecule has 0 aliphatic rings. The molecule has 0 spiro atoms. The SMILES string of the molecule is Nc1ccc(Sc2ccncc2)cc1[N+](=O)[O-]. The van der Waals surface area contributed by atoms with Crippen molar-refractivity contribution in [2.45, 2.75) is 9.79 Å². The summed E-state index contributed by atoms with van der Waals surface area (Å²) < 4.78 is 0. The summed E-state index contributed by atoms with van der Waals surface area (Å²) in [5.74, 6) is 0. The summed E-state index contributed by atoms with van der Waals surface area (Å²) in [6.45, 7) is 0. The molecule has 1 heterocycles. The number of aromatic nitrogens is 1. The van der Waals surface area contributed by atoms with Crippen molar-refractivity contribution in [3.8, 4) is 0 Å². The molecule has 1 aromatic heterocycles. The molecule has 0 aliphatic heterocycles. The van der Waals surface area contributed by atoms with Crippen molar-refractivity contribution in [3.63, 3.8) is 0 Å². The lowest BCUT2D eigenvalue weighted by Gasteiger charge is -2.02. The van der Waals surface area contributed by atoms with Gasteiger partial charge in [0.1, 0.15) is 5.69 Å². The number of anilines is 1. The molecule has 2 N–H and O–H groups in total. The zero-order valence-electron chi connectivity index (χ0n) is 8.74. The third-order valence-electron chi connectivity index (χ3n) is 2.08. The van der Waals surface area contributed by atoms with Crippen LogP contribution < -0.4 is 5.73 Å². The Balaban J connectivity index is 2.29. The fraction of sp³-hybridized carbons (Fsp3) is 0. The first-order valence-corrected chi connectivity index (χ1v) is 5.60. The highest BCUT2D eigenvalue weighted by molar-refractivity contribution is 7.99. The highest BCUT2D eigenvalue weighted by atomic mass is 32.2. The van der Waals surface area contributed by atoms with Gasteiger partial charge in [-0.2, -0.15) is 0 Å². The molecule has 17 heavy (non-hydrogen) atoms. The number of rotatable bonds is 3. The van der Waals surface area contributed by atoms with E-state index in [0.29, 0.717) is 0 Å². The molecular weight excluding hydrogens is 238 g/mol. The van der Waals surface area contributed by atoms with Gasteiger partial charge in [-0.15, -0.1) is 0 Å². The minimum absolute atomic E-state index is 0.0657. The minimum atomic E-state index is -0.480. The summed E-state index contributed by atoms with van der Waals surface area (Å²) in [4.78, 5) is 15.9. The third kappa shape index (κ3) is 2.73. The molecule has 0 atom stereocenters. The van der Waals surface area contributed by atoms with Gasteiger partial charge in [-0.3, -0.25) is 15.1 Å². The van der Waals surface area contributed by atoms with Crippen LogP contribution in [-0.4, -0.2) is 9.91 Å². The Kier molecular flexibility index (Phi) is 3.24. The van der Waals surface area contributed by atoms with Crippen molar-refractivity contribution in [1.29, 1.82) is 0 Å². The molecule has 2 rings (SSSR count). The highest BCUT2D eigenvalue weighted by Gasteiger charge is 2.12. The fourth-order valence-electron chi connectivity index (χ4n) is 1.29. The van der Waals surface area contributed by atoms with Crippen molar-refractivity contribution in [2.75, 3.05) is 5.73 Å². The Morgan fingerprint density at radius 3 is 2.53 bits per heavy atom. The summed E-state index contributed by atoms with van der Waals surface area (Å²) >= 11 is 1.43. The second-order valence-corrected chi connectivity index (χ2v) is 4.41. The zero-order chi connectivity index (χ0) is 12.3. The van der Waals surface area contributed by atoms with Crippen LogP contribution in [0.2, 0.25) is 0 Å². The predicted octanol–water partition coefficient (Wildman–Crippen LogP) is 2.72. The Morgan fingerprint density at radius 1 is 1.18 bits per heavy atom. The topological polar surface area (TPSA) is 82.0 Å². The fourth-order valence-corrected chi connectivity index (χ4v) is 2.12. The van der Waals surface area contributed by atoms with Crippen molar-refractivity contribution >= 4 is 23.1 Å². The van der Waals surface area contributed by atoms with E-state index in [1.54, 1.807) is 24.5 Å². The molecule has 0 saturated heterocycles. The van der Waals surface area contributed by atoms with E-state index >= 15 is 0 Å². The van der Waals surface area contributed by atoms with E-state index in [9.17, 15) is 10.1 Å². The van der Waals surface area contributed by atoms with Gasteiger partial charge in [-0.1, -0.05) is 11.8 Å². The van der Waals surface area contributed by atoms with Gasteiger partial charge in [0, 0.05) is 28.3 Å². The number of nitro groups is 1. The van der Waals surface area contributed by atoms with Gasteiger partial charge in [0.25, 0.3) is 5.69 Å². The second kappa shape index (κ2) is 4.84. The standard InChI is InChI=1S/C11H9N3O2S/c12-10-2-1-9(7-11(10)14(15)16)17-8-3-5-13-6-4-8/h1-7H,12H2. The van der Waals surface area contributed by atoms with Gasteiger partial charge < -0.3 is 5.73 Å². The minimum Gasteiger partial charge on any atom is -0.393 e. The maximum Gasteiger partial charge on any atom is 0.293 e. The Hall–Kier alpha value is -2.08. The maximum absolute atomic E-state index is 10.7. The lowest BCUT2D eigenvalue weighted by Crippen LogP contribution is -1.95. The predicted molar refractivity (Wildman–Crippen MR) is 65.9 cm³/mol. The molecule has 2 aromatic rings. The number of benzene rings is 1. The average Bonchev–Trinajstić information content (AvgIpc) is 2.32. The number of hydrogen-bond acceptors (Lipinski definition) is 5. The molecule has 6 heteroatoms. The van der Waals surface area contributed by atoms with Gasteiger partial charge >= 0.3 is 0 Å². The van der Waals surface area contributed by atoms with Gasteiger partial charge in [0.05, 0.1) is 4.92 Å².